The molecule has 0 saturated heterocycles. The fourth-order valence-electron chi connectivity index (χ4n) is 1.94. The van der Waals surface area contributed by atoms with Gasteiger partial charge in [-0.15, -0.1) is 6.58 Å². The molecular weight excluding hydrogens is 242 g/mol. The summed E-state index contributed by atoms with van der Waals surface area (Å²) in [6, 6.07) is 3.81. The molecule has 0 spiro atoms. The molecule has 0 aliphatic heterocycles. The Labute approximate surface area is 113 Å². The fraction of sp³-hybridized carbons (Fsp3) is 0.333. The summed E-state index contributed by atoms with van der Waals surface area (Å²) in [5.74, 6) is -0.877. The molecule has 1 rings (SSSR count). The topological polar surface area (TPSA) is 55.4 Å². The first-order chi connectivity index (χ1) is 8.95. The van der Waals surface area contributed by atoms with Crippen LogP contribution in [0.25, 0.3) is 0 Å². The van der Waals surface area contributed by atoms with E-state index in [9.17, 15) is 9.59 Å². The number of nitrogens with one attached hydrogen (secondary N) is 1. The van der Waals surface area contributed by atoms with Gasteiger partial charge in [0.15, 0.2) is 0 Å². The summed E-state index contributed by atoms with van der Waals surface area (Å²) in [5.41, 5.74) is 5.40. The van der Waals surface area contributed by atoms with Crippen molar-refractivity contribution in [2.24, 2.45) is 0 Å². The molecule has 0 aromatic heterocycles. The van der Waals surface area contributed by atoms with Crippen molar-refractivity contribution >= 4 is 11.9 Å². The van der Waals surface area contributed by atoms with Crippen molar-refractivity contribution in [1.29, 1.82) is 0 Å². The highest BCUT2D eigenvalue weighted by molar-refractivity contribution is 5.93. The van der Waals surface area contributed by atoms with Crippen LogP contribution < -0.4 is 5.48 Å². The lowest BCUT2D eigenvalue weighted by Crippen LogP contribution is -2.27. The van der Waals surface area contributed by atoms with Crippen LogP contribution in [0.1, 0.15) is 39.9 Å². The van der Waals surface area contributed by atoms with E-state index in [1.807, 2.05) is 32.9 Å². The number of hydroxylamine groups is 1. The molecule has 4 heteroatoms. The van der Waals surface area contributed by atoms with Crippen LogP contribution in [-0.2, 0) is 9.63 Å². The lowest BCUT2D eigenvalue weighted by Gasteiger charge is -2.10. The summed E-state index contributed by atoms with van der Waals surface area (Å²) in [6.45, 7) is 9.17. The summed E-state index contributed by atoms with van der Waals surface area (Å²) < 4.78 is 0. The quantitative estimate of drug-likeness (QED) is 0.669. The molecule has 1 amide bonds. The van der Waals surface area contributed by atoms with E-state index < -0.39 is 5.97 Å². The lowest BCUT2D eigenvalue weighted by molar-refractivity contribution is -0.129. The monoisotopic (exact) mass is 261 g/mol. The van der Waals surface area contributed by atoms with Crippen molar-refractivity contribution < 1.29 is 14.4 Å². The molecule has 1 N–H and O–H groups in total. The first kappa shape index (κ1) is 15.0. The van der Waals surface area contributed by atoms with E-state index in [0.29, 0.717) is 12.0 Å². The third-order valence-electron chi connectivity index (χ3n) is 2.71. The van der Waals surface area contributed by atoms with E-state index >= 15 is 0 Å². The minimum Gasteiger partial charge on any atom is -0.335 e. The molecule has 0 unspecified atom stereocenters. The number of benzene rings is 1. The van der Waals surface area contributed by atoms with Crippen molar-refractivity contribution in [1.82, 2.24) is 5.48 Å². The van der Waals surface area contributed by atoms with Crippen molar-refractivity contribution in [3.63, 3.8) is 0 Å². The molecule has 4 nitrogen and oxygen atoms in total. The smallest absolute Gasteiger partial charge is 0.335 e. The van der Waals surface area contributed by atoms with Crippen molar-refractivity contribution in [3.8, 4) is 0 Å². The van der Waals surface area contributed by atoms with Gasteiger partial charge in [-0.05, 0) is 38.3 Å². The van der Waals surface area contributed by atoms with Gasteiger partial charge in [-0.1, -0.05) is 23.8 Å². The third kappa shape index (κ3) is 4.25. The maximum Gasteiger partial charge on any atom is 0.363 e. The predicted octanol–water partition coefficient (Wildman–Crippen LogP) is 2.77. The van der Waals surface area contributed by atoms with Crippen LogP contribution in [-0.4, -0.2) is 11.9 Å². The highest BCUT2D eigenvalue weighted by Gasteiger charge is 2.15. The van der Waals surface area contributed by atoms with Gasteiger partial charge in [0.05, 0.1) is 5.56 Å². The predicted molar refractivity (Wildman–Crippen MR) is 73.6 cm³/mol. The van der Waals surface area contributed by atoms with Crippen LogP contribution in [0.2, 0.25) is 0 Å². The Morgan fingerprint density at radius 1 is 1.26 bits per heavy atom. The molecule has 0 heterocycles. The van der Waals surface area contributed by atoms with Crippen LogP contribution in [0.3, 0.4) is 0 Å². The zero-order valence-corrected chi connectivity index (χ0v) is 11.6. The van der Waals surface area contributed by atoms with Crippen molar-refractivity contribution in [2.45, 2.75) is 33.6 Å². The molecule has 102 valence electrons. The lowest BCUT2D eigenvalue weighted by atomic mass is 10.0. The van der Waals surface area contributed by atoms with Gasteiger partial charge in [-0.3, -0.25) is 4.79 Å². The molecule has 0 bridgehead atoms. The van der Waals surface area contributed by atoms with Gasteiger partial charge in [-0.25, -0.2) is 4.79 Å². The Hall–Kier alpha value is -2.10. The summed E-state index contributed by atoms with van der Waals surface area (Å²) in [5, 5.41) is 0. The van der Waals surface area contributed by atoms with E-state index in [1.165, 1.54) is 0 Å². The van der Waals surface area contributed by atoms with Crippen LogP contribution in [0.5, 0.6) is 0 Å². The first-order valence-electron chi connectivity index (χ1n) is 6.14. The first-order valence-corrected chi connectivity index (χ1v) is 6.14. The summed E-state index contributed by atoms with van der Waals surface area (Å²) in [6.07, 6.45) is 2.43. The molecule has 19 heavy (non-hydrogen) atoms. The van der Waals surface area contributed by atoms with Crippen LogP contribution in [0.15, 0.2) is 24.8 Å². The summed E-state index contributed by atoms with van der Waals surface area (Å²) in [4.78, 5) is 28.1. The average molecular weight is 261 g/mol. The Balaban J connectivity index is 2.69. The van der Waals surface area contributed by atoms with Crippen molar-refractivity contribution in [2.75, 3.05) is 0 Å². The molecule has 0 fully saturated rings. The summed E-state index contributed by atoms with van der Waals surface area (Å²) in [7, 11) is 0. The molecule has 1 aromatic rings. The highest BCUT2D eigenvalue weighted by Crippen LogP contribution is 2.17. The maximum absolute atomic E-state index is 11.9. The number of hydrogen-bond acceptors (Lipinski definition) is 3. The van der Waals surface area contributed by atoms with Gasteiger partial charge in [0.1, 0.15) is 0 Å². The number of allylic oxidation sites excluding steroid dienone is 1. The second kappa shape index (κ2) is 6.73. The highest BCUT2D eigenvalue weighted by atomic mass is 16.7. The van der Waals surface area contributed by atoms with E-state index in [4.69, 9.17) is 4.84 Å². The van der Waals surface area contributed by atoms with E-state index in [2.05, 4.69) is 12.1 Å². The number of carbonyl (C=O) groups excluding carboxylic acids is 2. The Morgan fingerprint density at radius 2 is 1.84 bits per heavy atom. The Morgan fingerprint density at radius 3 is 2.37 bits per heavy atom. The fourth-order valence-corrected chi connectivity index (χ4v) is 1.94. The maximum atomic E-state index is 11.9. The van der Waals surface area contributed by atoms with Gasteiger partial charge in [0.25, 0.3) is 5.91 Å². The van der Waals surface area contributed by atoms with Gasteiger partial charge in [-0.2, -0.15) is 5.48 Å². The third-order valence-corrected chi connectivity index (χ3v) is 2.71. The number of amides is 1. The second-order valence-electron chi connectivity index (χ2n) is 4.52. The van der Waals surface area contributed by atoms with E-state index in [-0.39, 0.29) is 12.3 Å². The van der Waals surface area contributed by atoms with Crippen LogP contribution in [0, 0.1) is 20.8 Å². The van der Waals surface area contributed by atoms with E-state index in [1.54, 1.807) is 6.08 Å². The minimum absolute atomic E-state index is 0.253. The number of rotatable bonds is 4. The number of aryl methyl sites for hydroxylation is 3. The summed E-state index contributed by atoms with van der Waals surface area (Å²) >= 11 is 0. The zero-order valence-electron chi connectivity index (χ0n) is 11.6. The Bertz CT molecular complexity index is 483. The van der Waals surface area contributed by atoms with Crippen LogP contribution >= 0.6 is 0 Å². The zero-order chi connectivity index (χ0) is 14.4. The van der Waals surface area contributed by atoms with Gasteiger partial charge in [0, 0.05) is 6.42 Å². The van der Waals surface area contributed by atoms with Crippen LogP contribution in [0.4, 0.5) is 0 Å². The Kier molecular flexibility index (Phi) is 5.30. The van der Waals surface area contributed by atoms with Crippen molar-refractivity contribution in [3.05, 3.63) is 47.0 Å². The SMILES string of the molecule is C=CCCC(=O)NOC(=O)c1c(C)cc(C)cc1C. The molecule has 0 aliphatic rings. The molecule has 0 saturated carbocycles. The molecule has 0 radical (unpaired) electrons. The van der Waals surface area contributed by atoms with Gasteiger partial charge >= 0.3 is 5.97 Å². The molecule has 0 aliphatic carbocycles. The second-order valence-corrected chi connectivity index (χ2v) is 4.52. The van der Waals surface area contributed by atoms with Gasteiger partial charge in [0.2, 0.25) is 0 Å². The normalized spacial score (nSPS) is 9.84. The molecular formula is C15H19NO3. The largest absolute Gasteiger partial charge is 0.363 e. The number of hydrogen-bond donors (Lipinski definition) is 1. The average Bonchev–Trinajstić information content (AvgIpc) is 2.32. The molecule has 1 aromatic carbocycles. The van der Waals surface area contributed by atoms with Gasteiger partial charge < -0.3 is 4.84 Å². The number of carbonyl (C=O) groups is 2. The molecule has 0 atom stereocenters. The minimum atomic E-state index is -0.540. The standard InChI is InChI=1S/C15H19NO3/c1-5-6-7-13(17)16-19-15(18)14-11(3)8-10(2)9-12(14)4/h5,8-9H,1,6-7H2,2-4H3,(H,16,17). The van der Waals surface area contributed by atoms with E-state index in [0.717, 1.165) is 16.7 Å².